The number of hydrogen-bond donors (Lipinski definition) is 1. The van der Waals surface area contributed by atoms with Gasteiger partial charge in [-0.2, -0.15) is 10.4 Å². The topological polar surface area (TPSA) is 92.9 Å². The maximum absolute atomic E-state index is 12.8. The first-order valence-corrected chi connectivity index (χ1v) is 11.3. The Bertz CT molecular complexity index is 1490. The van der Waals surface area contributed by atoms with Crippen LogP contribution in [0.5, 0.6) is 17.2 Å². The Hall–Kier alpha value is -4.54. The van der Waals surface area contributed by atoms with E-state index in [2.05, 4.69) is 16.6 Å². The predicted octanol–water partition coefficient (Wildman–Crippen LogP) is 5.72. The fourth-order valence-electron chi connectivity index (χ4n) is 3.65. The van der Waals surface area contributed by atoms with Crippen LogP contribution in [-0.4, -0.2) is 26.3 Å². The number of nitrogens with one attached hydrogen (secondary N) is 1. The molecule has 0 spiro atoms. The van der Waals surface area contributed by atoms with E-state index in [9.17, 15) is 10.1 Å². The molecule has 0 aliphatic rings. The smallest absolute Gasteiger partial charge is 0.275 e. The first-order valence-electron chi connectivity index (χ1n) is 10.9. The predicted molar refractivity (Wildman–Crippen MR) is 139 cm³/mol. The highest BCUT2D eigenvalue weighted by atomic mass is 35.5. The van der Waals surface area contributed by atoms with Gasteiger partial charge in [-0.05, 0) is 46.7 Å². The molecular weight excluding hydrogens is 478 g/mol. The summed E-state index contributed by atoms with van der Waals surface area (Å²) in [5.41, 5.74) is 4.73. The van der Waals surface area contributed by atoms with Crippen LogP contribution in [-0.2, 0) is 6.61 Å². The standard InChI is InChI=1S/C28H22ClN3O4/c1-34-25-14-20-8-4-3-7-19(20)13-23(25)28(33)32-31-16-18-11-24(29)27(26(12-18)35-2)36-17-22-10-6-5-9-21(22)15-30/h3-14,16H,17H2,1-2H3,(H,32,33). The van der Waals surface area contributed by atoms with Gasteiger partial charge in [0.05, 0.1) is 42.7 Å². The van der Waals surface area contributed by atoms with Gasteiger partial charge in [0, 0.05) is 5.56 Å². The summed E-state index contributed by atoms with van der Waals surface area (Å²) in [6.45, 7) is 0.150. The molecule has 4 aromatic carbocycles. The SMILES string of the molecule is COc1cc2ccccc2cc1C(=O)NN=Cc1cc(Cl)c(OCc2ccccc2C#N)c(OC)c1. The fourth-order valence-corrected chi connectivity index (χ4v) is 3.92. The number of nitriles is 1. The van der Waals surface area contributed by atoms with Crippen molar-refractivity contribution in [2.45, 2.75) is 6.61 Å². The number of amides is 1. The van der Waals surface area contributed by atoms with Crippen molar-refractivity contribution in [1.29, 1.82) is 5.26 Å². The van der Waals surface area contributed by atoms with Gasteiger partial charge in [0.25, 0.3) is 5.91 Å². The third-order valence-electron chi connectivity index (χ3n) is 5.45. The highest BCUT2D eigenvalue weighted by molar-refractivity contribution is 6.32. The zero-order chi connectivity index (χ0) is 25.5. The van der Waals surface area contributed by atoms with Crippen LogP contribution < -0.4 is 19.6 Å². The van der Waals surface area contributed by atoms with Gasteiger partial charge in [-0.15, -0.1) is 0 Å². The van der Waals surface area contributed by atoms with Crippen molar-refractivity contribution < 1.29 is 19.0 Å². The van der Waals surface area contributed by atoms with Gasteiger partial charge in [0.1, 0.15) is 12.4 Å². The molecule has 1 N–H and O–H groups in total. The number of methoxy groups -OCH3 is 2. The highest BCUT2D eigenvalue weighted by Crippen LogP contribution is 2.36. The number of ether oxygens (including phenoxy) is 3. The van der Waals surface area contributed by atoms with Crippen LogP contribution in [0.15, 0.2) is 77.9 Å². The van der Waals surface area contributed by atoms with Crippen molar-refractivity contribution in [3.8, 4) is 23.3 Å². The van der Waals surface area contributed by atoms with Crippen LogP contribution in [0.25, 0.3) is 10.8 Å². The number of carbonyl (C=O) groups excluding carboxylic acids is 1. The lowest BCUT2D eigenvalue weighted by molar-refractivity contribution is 0.0952. The molecule has 0 aromatic heterocycles. The van der Waals surface area contributed by atoms with Crippen molar-refractivity contribution in [2.24, 2.45) is 5.10 Å². The Morgan fingerprint density at radius 2 is 1.69 bits per heavy atom. The van der Waals surface area contributed by atoms with Gasteiger partial charge in [-0.3, -0.25) is 4.79 Å². The normalized spacial score (nSPS) is 10.7. The maximum atomic E-state index is 12.8. The van der Waals surface area contributed by atoms with Crippen molar-refractivity contribution in [2.75, 3.05) is 14.2 Å². The monoisotopic (exact) mass is 499 g/mol. The van der Waals surface area contributed by atoms with Crippen LogP contribution in [0.1, 0.15) is 27.0 Å². The molecule has 4 rings (SSSR count). The molecule has 7 nitrogen and oxygen atoms in total. The van der Waals surface area contributed by atoms with Gasteiger partial charge in [0.15, 0.2) is 11.5 Å². The minimum Gasteiger partial charge on any atom is -0.496 e. The summed E-state index contributed by atoms with van der Waals surface area (Å²) in [7, 11) is 3.01. The lowest BCUT2D eigenvalue weighted by Crippen LogP contribution is -2.18. The first-order chi connectivity index (χ1) is 17.5. The molecule has 0 aliphatic heterocycles. The van der Waals surface area contributed by atoms with Gasteiger partial charge >= 0.3 is 0 Å². The van der Waals surface area contributed by atoms with Gasteiger partial charge < -0.3 is 14.2 Å². The van der Waals surface area contributed by atoms with E-state index in [-0.39, 0.29) is 6.61 Å². The number of halogens is 1. The number of nitrogens with zero attached hydrogens (tertiary/aromatic N) is 2. The molecule has 0 saturated heterocycles. The summed E-state index contributed by atoms with van der Waals surface area (Å²) >= 11 is 6.45. The summed E-state index contributed by atoms with van der Waals surface area (Å²) in [5, 5.41) is 15.5. The molecule has 180 valence electrons. The molecule has 1 amide bonds. The minimum atomic E-state index is -0.414. The minimum absolute atomic E-state index is 0.150. The summed E-state index contributed by atoms with van der Waals surface area (Å²) in [6.07, 6.45) is 1.45. The number of benzene rings is 4. The third-order valence-corrected chi connectivity index (χ3v) is 5.73. The van der Waals surface area contributed by atoms with Gasteiger partial charge in [-0.25, -0.2) is 5.43 Å². The second kappa shape index (κ2) is 11.3. The Morgan fingerprint density at radius 3 is 2.42 bits per heavy atom. The number of carbonyl (C=O) groups is 1. The molecule has 0 radical (unpaired) electrons. The van der Waals surface area contributed by atoms with E-state index in [1.54, 1.807) is 30.3 Å². The summed E-state index contributed by atoms with van der Waals surface area (Å²) in [4.78, 5) is 12.8. The molecule has 0 heterocycles. The molecular formula is C28H22ClN3O4. The maximum Gasteiger partial charge on any atom is 0.275 e. The van der Waals surface area contributed by atoms with E-state index < -0.39 is 5.91 Å². The van der Waals surface area contributed by atoms with E-state index in [0.717, 1.165) is 16.3 Å². The van der Waals surface area contributed by atoms with E-state index in [4.69, 9.17) is 25.8 Å². The Kier molecular flexibility index (Phi) is 7.69. The second-order valence-electron chi connectivity index (χ2n) is 7.69. The van der Waals surface area contributed by atoms with Crippen LogP contribution in [0.3, 0.4) is 0 Å². The molecule has 4 aromatic rings. The molecule has 0 atom stereocenters. The van der Waals surface area contributed by atoms with Crippen molar-refractivity contribution >= 4 is 34.5 Å². The number of rotatable bonds is 8. The summed E-state index contributed by atoms with van der Waals surface area (Å²) in [5.74, 6) is 0.767. The molecule has 0 bridgehead atoms. The molecule has 0 aliphatic carbocycles. The van der Waals surface area contributed by atoms with Crippen molar-refractivity contribution in [3.05, 3.63) is 100 Å². The lowest BCUT2D eigenvalue weighted by Gasteiger charge is -2.14. The lowest BCUT2D eigenvalue weighted by atomic mass is 10.1. The Morgan fingerprint density at radius 1 is 1.00 bits per heavy atom. The van der Waals surface area contributed by atoms with E-state index in [0.29, 0.717) is 39.0 Å². The Balaban J connectivity index is 1.50. The zero-order valence-electron chi connectivity index (χ0n) is 19.6. The van der Waals surface area contributed by atoms with Gasteiger partial charge in [-0.1, -0.05) is 54.1 Å². The third kappa shape index (κ3) is 5.40. The highest BCUT2D eigenvalue weighted by Gasteiger charge is 2.15. The first kappa shape index (κ1) is 24.6. The molecule has 0 fully saturated rings. The van der Waals surface area contributed by atoms with E-state index in [1.165, 1.54) is 20.4 Å². The number of hydrazone groups is 1. The van der Waals surface area contributed by atoms with Crippen LogP contribution in [0, 0.1) is 11.3 Å². The molecule has 36 heavy (non-hydrogen) atoms. The average Bonchev–Trinajstić information content (AvgIpc) is 2.91. The van der Waals surface area contributed by atoms with Crippen LogP contribution in [0.2, 0.25) is 5.02 Å². The second-order valence-corrected chi connectivity index (χ2v) is 8.10. The summed E-state index contributed by atoms with van der Waals surface area (Å²) in [6, 6.07) is 23.9. The summed E-state index contributed by atoms with van der Waals surface area (Å²) < 4.78 is 16.7. The fraction of sp³-hybridized carbons (Fsp3) is 0.107. The number of hydrogen-bond acceptors (Lipinski definition) is 6. The molecule has 0 unspecified atom stereocenters. The largest absolute Gasteiger partial charge is 0.496 e. The van der Waals surface area contributed by atoms with Crippen molar-refractivity contribution in [3.63, 3.8) is 0 Å². The molecule has 0 saturated carbocycles. The van der Waals surface area contributed by atoms with E-state index >= 15 is 0 Å². The van der Waals surface area contributed by atoms with Gasteiger partial charge in [0.2, 0.25) is 0 Å². The van der Waals surface area contributed by atoms with E-state index in [1.807, 2.05) is 42.5 Å². The average molecular weight is 500 g/mol. The molecule has 8 heteroatoms. The van der Waals surface area contributed by atoms with Crippen molar-refractivity contribution in [1.82, 2.24) is 5.43 Å². The zero-order valence-corrected chi connectivity index (χ0v) is 20.4. The quantitative estimate of drug-likeness (QED) is 0.247. The number of fused-ring (bicyclic) bond motifs is 1. The van der Waals surface area contributed by atoms with Crippen LogP contribution >= 0.6 is 11.6 Å². The van der Waals surface area contributed by atoms with Crippen LogP contribution in [0.4, 0.5) is 0 Å². The Labute approximate surface area is 213 Å².